The molecule has 180 valence electrons. The number of carboxylic acids is 1. The highest BCUT2D eigenvalue weighted by molar-refractivity contribution is 5.86. The lowest BCUT2D eigenvalue weighted by Gasteiger charge is -2.45. The second-order valence-electron chi connectivity index (χ2n) is 10.2. The molecule has 0 bridgehead atoms. The maximum Gasteiger partial charge on any atom is 0.416 e. The summed E-state index contributed by atoms with van der Waals surface area (Å²) in [6, 6.07) is 4.00. The Kier molecular flexibility index (Phi) is 5.72. The smallest absolute Gasteiger partial charge is 0.416 e. The van der Waals surface area contributed by atoms with Crippen molar-refractivity contribution in [2.75, 3.05) is 32.8 Å². The molecule has 0 saturated carbocycles. The molecule has 33 heavy (non-hydrogen) atoms. The quantitative estimate of drug-likeness (QED) is 0.664. The number of aliphatic carboxylic acids is 1. The number of hydrogen-bond acceptors (Lipinski definition) is 3. The van der Waals surface area contributed by atoms with Gasteiger partial charge in [-0.1, -0.05) is 6.92 Å². The molecule has 3 atom stereocenters. The second-order valence-corrected chi connectivity index (χ2v) is 10.2. The highest BCUT2D eigenvalue weighted by Gasteiger charge is 2.43. The number of nitrogens with zero attached hydrogens (tertiary/aromatic N) is 1. The average Bonchev–Trinajstić information content (AvgIpc) is 3.15. The predicted octanol–water partition coefficient (Wildman–Crippen LogP) is 5.06. The highest BCUT2D eigenvalue weighted by Crippen LogP contribution is 2.47. The van der Waals surface area contributed by atoms with Crippen LogP contribution in [0.3, 0.4) is 0 Å². The molecule has 2 fully saturated rings. The van der Waals surface area contributed by atoms with Gasteiger partial charge in [0.2, 0.25) is 0 Å². The van der Waals surface area contributed by atoms with Gasteiger partial charge in [-0.15, -0.1) is 0 Å². The van der Waals surface area contributed by atoms with Gasteiger partial charge in [-0.3, -0.25) is 4.79 Å². The van der Waals surface area contributed by atoms with E-state index in [9.17, 15) is 23.1 Å². The number of rotatable bonds is 4. The van der Waals surface area contributed by atoms with Crippen molar-refractivity contribution in [3.63, 3.8) is 0 Å². The maximum absolute atomic E-state index is 13.3. The molecule has 5 rings (SSSR count). The van der Waals surface area contributed by atoms with Gasteiger partial charge in [-0.2, -0.15) is 13.2 Å². The van der Waals surface area contributed by atoms with Gasteiger partial charge in [-0.05, 0) is 86.7 Å². The lowest BCUT2D eigenvalue weighted by Crippen LogP contribution is -2.47. The molecular formula is C25H31F3N2O3. The molecule has 8 heteroatoms. The first-order valence-corrected chi connectivity index (χ1v) is 11.9. The fraction of sp³-hybridized carbons (Fsp3) is 0.640. The maximum atomic E-state index is 13.3. The Morgan fingerprint density at radius 2 is 2.06 bits per heavy atom. The highest BCUT2D eigenvalue weighted by atomic mass is 19.4. The molecule has 1 unspecified atom stereocenters. The predicted molar refractivity (Wildman–Crippen MR) is 118 cm³/mol. The molecule has 2 saturated heterocycles. The summed E-state index contributed by atoms with van der Waals surface area (Å²) in [5, 5.41) is 10.5. The van der Waals surface area contributed by atoms with Gasteiger partial charge in [0.1, 0.15) is 0 Å². The summed E-state index contributed by atoms with van der Waals surface area (Å²) in [4.78, 5) is 17.8. The number of H-pyrrole nitrogens is 1. The first-order chi connectivity index (χ1) is 15.7. The molecule has 3 heterocycles. The van der Waals surface area contributed by atoms with Crippen LogP contribution in [0.2, 0.25) is 0 Å². The SMILES string of the molecule is C[C@H]1c2c([nH]c3ccc(C(F)(F)F)cc23)CC2CCN(CCC3(C(=O)O)CCOCC3)C[C@@H]21. The summed E-state index contributed by atoms with van der Waals surface area (Å²) in [7, 11) is 0. The minimum absolute atomic E-state index is 0.148. The van der Waals surface area contributed by atoms with Crippen LogP contribution in [0.15, 0.2) is 18.2 Å². The van der Waals surface area contributed by atoms with E-state index in [1.807, 2.05) is 0 Å². The van der Waals surface area contributed by atoms with Crippen molar-refractivity contribution < 1.29 is 27.8 Å². The lowest BCUT2D eigenvalue weighted by atomic mass is 9.68. The van der Waals surface area contributed by atoms with E-state index in [1.165, 1.54) is 6.07 Å². The Morgan fingerprint density at radius 1 is 1.30 bits per heavy atom. The zero-order valence-corrected chi connectivity index (χ0v) is 18.9. The van der Waals surface area contributed by atoms with E-state index >= 15 is 0 Å². The molecule has 3 aliphatic rings. The van der Waals surface area contributed by atoms with Crippen molar-refractivity contribution >= 4 is 16.9 Å². The summed E-state index contributed by atoms with van der Waals surface area (Å²) in [6.45, 7) is 5.68. The normalized spacial score (nSPS) is 27.8. The van der Waals surface area contributed by atoms with Gasteiger partial charge in [0.15, 0.2) is 0 Å². The number of fused-ring (bicyclic) bond motifs is 4. The third-order valence-corrected chi connectivity index (χ3v) is 8.51. The van der Waals surface area contributed by atoms with Crippen LogP contribution in [0.4, 0.5) is 13.2 Å². The summed E-state index contributed by atoms with van der Waals surface area (Å²) < 4.78 is 45.4. The van der Waals surface area contributed by atoms with Crippen LogP contribution in [0.25, 0.3) is 10.9 Å². The van der Waals surface area contributed by atoms with E-state index in [2.05, 4.69) is 16.8 Å². The first kappa shape index (κ1) is 22.7. The third-order valence-electron chi connectivity index (χ3n) is 8.51. The number of carboxylic acid groups (broad SMARTS) is 1. The first-order valence-electron chi connectivity index (χ1n) is 11.9. The third kappa shape index (κ3) is 4.05. The van der Waals surface area contributed by atoms with E-state index in [0.717, 1.165) is 55.3 Å². The van der Waals surface area contributed by atoms with Crippen LogP contribution in [0.1, 0.15) is 55.3 Å². The number of aromatic nitrogens is 1. The molecule has 0 spiro atoms. The molecule has 1 aliphatic carbocycles. The van der Waals surface area contributed by atoms with Crippen LogP contribution < -0.4 is 0 Å². The summed E-state index contributed by atoms with van der Waals surface area (Å²) >= 11 is 0. The van der Waals surface area contributed by atoms with Crippen molar-refractivity contribution in [3.8, 4) is 0 Å². The Balaban J connectivity index is 1.35. The van der Waals surface area contributed by atoms with Crippen LogP contribution in [-0.2, 0) is 22.1 Å². The molecule has 0 radical (unpaired) electrons. The van der Waals surface area contributed by atoms with Gasteiger partial charge in [0, 0.05) is 36.4 Å². The molecule has 5 nitrogen and oxygen atoms in total. The van der Waals surface area contributed by atoms with Crippen molar-refractivity contribution in [1.29, 1.82) is 0 Å². The Labute approximate surface area is 191 Å². The number of ether oxygens (including phenoxy) is 1. The largest absolute Gasteiger partial charge is 0.481 e. The number of hydrogen-bond donors (Lipinski definition) is 2. The van der Waals surface area contributed by atoms with Crippen LogP contribution in [-0.4, -0.2) is 53.8 Å². The van der Waals surface area contributed by atoms with Crippen molar-refractivity contribution in [1.82, 2.24) is 9.88 Å². The molecule has 1 aromatic carbocycles. The van der Waals surface area contributed by atoms with Gasteiger partial charge in [0.05, 0.1) is 11.0 Å². The van der Waals surface area contributed by atoms with Crippen LogP contribution >= 0.6 is 0 Å². The number of aromatic amines is 1. The molecule has 0 amide bonds. The average molecular weight is 465 g/mol. The van der Waals surface area contributed by atoms with Gasteiger partial charge in [-0.25, -0.2) is 0 Å². The number of halogens is 3. The number of alkyl halides is 3. The monoisotopic (exact) mass is 464 g/mol. The standard InChI is InChI=1S/C25H31F3N2O3/c1-15-19-14-30(9-5-24(23(31)32)6-10-33-11-7-24)8-4-16(19)12-21-22(15)18-13-17(25(26,27)28)2-3-20(18)29-21/h2-3,13,15-16,19,29H,4-12,14H2,1H3,(H,31,32)/t15-,16?,19-/m1/s1. The van der Waals surface area contributed by atoms with Gasteiger partial charge < -0.3 is 19.7 Å². The van der Waals surface area contributed by atoms with Crippen molar-refractivity contribution in [3.05, 3.63) is 35.0 Å². The van der Waals surface area contributed by atoms with E-state index < -0.39 is 23.1 Å². The molecule has 2 N–H and O–H groups in total. The van der Waals surface area contributed by atoms with Gasteiger partial charge >= 0.3 is 12.1 Å². The second kappa shape index (κ2) is 8.31. The van der Waals surface area contributed by atoms with E-state index in [4.69, 9.17) is 4.74 Å². The van der Waals surface area contributed by atoms with E-state index in [1.54, 1.807) is 6.07 Å². The van der Waals surface area contributed by atoms with Crippen molar-refractivity contribution in [2.24, 2.45) is 17.3 Å². The minimum atomic E-state index is -4.36. The number of carbonyl (C=O) groups is 1. The summed E-state index contributed by atoms with van der Waals surface area (Å²) in [5.74, 6) is 0.275. The molecule has 1 aromatic heterocycles. The zero-order valence-electron chi connectivity index (χ0n) is 18.9. The van der Waals surface area contributed by atoms with E-state index in [-0.39, 0.29) is 5.92 Å². The molecular weight excluding hydrogens is 433 g/mol. The van der Waals surface area contributed by atoms with Crippen molar-refractivity contribution in [2.45, 2.75) is 51.1 Å². The van der Waals surface area contributed by atoms with Crippen LogP contribution in [0, 0.1) is 17.3 Å². The lowest BCUT2D eigenvalue weighted by molar-refractivity contribution is -0.156. The Morgan fingerprint density at radius 3 is 2.76 bits per heavy atom. The number of likely N-dealkylation sites (tertiary alicyclic amines) is 1. The fourth-order valence-electron chi connectivity index (χ4n) is 6.43. The topological polar surface area (TPSA) is 65.6 Å². The summed E-state index contributed by atoms with van der Waals surface area (Å²) in [5.41, 5.74) is 1.58. The Hall–Kier alpha value is -2.06. The van der Waals surface area contributed by atoms with Gasteiger partial charge in [0.25, 0.3) is 0 Å². The molecule has 2 aromatic rings. The van der Waals surface area contributed by atoms with Crippen LogP contribution in [0.5, 0.6) is 0 Å². The number of benzene rings is 1. The number of piperidine rings is 1. The Bertz CT molecular complexity index is 1040. The van der Waals surface area contributed by atoms with E-state index in [0.29, 0.717) is 49.7 Å². The molecule has 2 aliphatic heterocycles. The minimum Gasteiger partial charge on any atom is -0.481 e. The summed E-state index contributed by atoms with van der Waals surface area (Å²) in [6.07, 6.45) is -0.738. The fourth-order valence-corrected chi connectivity index (χ4v) is 6.43. The zero-order chi connectivity index (χ0) is 23.4. The number of nitrogens with one attached hydrogen (secondary N) is 1.